The number of likely N-dealkylation sites (tertiary alicyclic amines) is 1. The molecule has 0 N–H and O–H groups in total. The van der Waals surface area contributed by atoms with E-state index in [1.54, 1.807) is 11.9 Å². The first-order valence-corrected chi connectivity index (χ1v) is 7.73. The summed E-state index contributed by atoms with van der Waals surface area (Å²) in [5, 5.41) is 4.39. The zero-order valence-corrected chi connectivity index (χ0v) is 12.7. The lowest BCUT2D eigenvalue weighted by molar-refractivity contribution is -0.0118. The zero-order valence-electron chi connectivity index (χ0n) is 12.7. The molecule has 1 spiro atoms. The highest BCUT2D eigenvalue weighted by Gasteiger charge is 2.46. The Bertz CT molecular complexity index is 713. The lowest BCUT2D eigenvalue weighted by Crippen LogP contribution is -2.50. The molecule has 4 heterocycles. The third kappa shape index (κ3) is 2.23. The molecule has 1 amide bonds. The number of likely N-dealkylation sites (N-methyl/N-ethyl adjacent to an activating group) is 1. The van der Waals surface area contributed by atoms with Crippen molar-refractivity contribution in [2.45, 2.75) is 25.0 Å². The van der Waals surface area contributed by atoms with E-state index < -0.39 is 0 Å². The molecule has 22 heavy (non-hydrogen) atoms. The molecule has 2 aliphatic heterocycles. The first-order valence-electron chi connectivity index (χ1n) is 7.73. The number of hydrogen-bond acceptors (Lipinski definition) is 4. The summed E-state index contributed by atoms with van der Waals surface area (Å²) in [6.07, 6.45) is 3.63. The first kappa shape index (κ1) is 13.6. The Morgan fingerprint density at radius 1 is 1.32 bits per heavy atom. The van der Waals surface area contributed by atoms with Gasteiger partial charge in [-0.3, -0.25) is 4.90 Å². The van der Waals surface area contributed by atoms with E-state index in [1.807, 2.05) is 16.8 Å². The van der Waals surface area contributed by atoms with Crippen LogP contribution in [0.1, 0.15) is 18.5 Å². The molecule has 0 aliphatic carbocycles. The molecule has 0 aromatic carbocycles. The second kappa shape index (κ2) is 4.98. The zero-order chi connectivity index (χ0) is 15.2. The second-order valence-corrected chi connectivity index (χ2v) is 6.41. The number of carbonyl (C=O) groups excluding carboxylic acids is 1. The van der Waals surface area contributed by atoms with Gasteiger partial charge in [0.2, 0.25) is 0 Å². The van der Waals surface area contributed by atoms with Gasteiger partial charge in [0.25, 0.3) is 0 Å². The molecule has 0 bridgehead atoms. The van der Waals surface area contributed by atoms with Gasteiger partial charge in [0.15, 0.2) is 0 Å². The summed E-state index contributed by atoms with van der Waals surface area (Å²) >= 11 is 0. The highest BCUT2D eigenvalue weighted by molar-refractivity contribution is 5.70. The second-order valence-electron chi connectivity index (χ2n) is 6.41. The maximum Gasteiger partial charge on any atom is 0.410 e. The van der Waals surface area contributed by atoms with Crippen molar-refractivity contribution in [3.63, 3.8) is 0 Å². The highest BCUT2D eigenvalue weighted by atomic mass is 16.6. The fourth-order valence-electron chi connectivity index (χ4n) is 3.69. The Hall–Kier alpha value is -2.08. The van der Waals surface area contributed by atoms with E-state index in [-0.39, 0.29) is 11.7 Å². The number of rotatable bonds is 2. The van der Waals surface area contributed by atoms with Crippen LogP contribution in [-0.2, 0) is 11.3 Å². The molecule has 6 heteroatoms. The Balaban J connectivity index is 1.54. The van der Waals surface area contributed by atoms with Crippen molar-refractivity contribution in [3.05, 3.63) is 36.2 Å². The van der Waals surface area contributed by atoms with E-state index >= 15 is 0 Å². The summed E-state index contributed by atoms with van der Waals surface area (Å²) in [5.41, 5.74) is 1.94. The number of piperidine rings is 1. The van der Waals surface area contributed by atoms with Crippen LogP contribution in [0, 0.1) is 0 Å². The monoisotopic (exact) mass is 300 g/mol. The number of carbonyl (C=O) groups is 1. The van der Waals surface area contributed by atoms with Gasteiger partial charge in [0, 0.05) is 26.3 Å². The molecule has 2 aliphatic rings. The molecule has 2 saturated heterocycles. The van der Waals surface area contributed by atoms with E-state index in [9.17, 15) is 4.79 Å². The smallest absolute Gasteiger partial charge is 0.410 e. The lowest BCUT2D eigenvalue weighted by atomic mass is 9.92. The summed E-state index contributed by atoms with van der Waals surface area (Å²) < 4.78 is 7.65. The normalized spacial score (nSPS) is 26.0. The maximum atomic E-state index is 11.7. The number of hydrogen-bond donors (Lipinski definition) is 0. The third-order valence-electron chi connectivity index (χ3n) is 4.64. The van der Waals surface area contributed by atoms with Crippen LogP contribution in [0.4, 0.5) is 4.79 Å². The molecule has 2 aromatic heterocycles. The van der Waals surface area contributed by atoms with E-state index in [1.165, 1.54) is 0 Å². The molecule has 1 unspecified atom stereocenters. The Morgan fingerprint density at radius 2 is 2.23 bits per heavy atom. The minimum Gasteiger partial charge on any atom is -0.440 e. The van der Waals surface area contributed by atoms with Gasteiger partial charge in [-0.25, -0.2) is 9.31 Å². The molecule has 2 fully saturated rings. The Morgan fingerprint density at radius 3 is 3.05 bits per heavy atom. The van der Waals surface area contributed by atoms with Crippen molar-refractivity contribution in [1.82, 2.24) is 19.4 Å². The number of aromatic nitrogens is 2. The van der Waals surface area contributed by atoms with Crippen LogP contribution in [0.5, 0.6) is 0 Å². The van der Waals surface area contributed by atoms with Gasteiger partial charge in [0.05, 0.1) is 17.8 Å². The number of ether oxygens (including phenoxy) is 1. The van der Waals surface area contributed by atoms with Crippen molar-refractivity contribution in [3.8, 4) is 0 Å². The average Bonchev–Trinajstić information content (AvgIpc) is 3.05. The molecule has 116 valence electrons. The van der Waals surface area contributed by atoms with Gasteiger partial charge in [-0.05, 0) is 37.6 Å². The van der Waals surface area contributed by atoms with Crippen LogP contribution in [0.2, 0.25) is 0 Å². The van der Waals surface area contributed by atoms with Crippen molar-refractivity contribution >= 4 is 11.6 Å². The van der Waals surface area contributed by atoms with Gasteiger partial charge in [-0.15, -0.1) is 0 Å². The van der Waals surface area contributed by atoms with E-state index in [0.29, 0.717) is 6.54 Å². The van der Waals surface area contributed by atoms with Gasteiger partial charge < -0.3 is 9.64 Å². The van der Waals surface area contributed by atoms with Crippen LogP contribution in [0.3, 0.4) is 0 Å². The van der Waals surface area contributed by atoms with Gasteiger partial charge in [-0.2, -0.15) is 5.10 Å². The van der Waals surface area contributed by atoms with Crippen LogP contribution >= 0.6 is 0 Å². The van der Waals surface area contributed by atoms with Gasteiger partial charge >= 0.3 is 6.09 Å². The Kier molecular flexibility index (Phi) is 3.07. The fraction of sp³-hybridized carbons (Fsp3) is 0.500. The van der Waals surface area contributed by atoms with Crippen LogP contribution in [-0.4, -0.2) is 57.8 Å². The molecule has 6 nitrogen and oxygen atoms in total. The average molecular weight is 300 g/mol. The summed E-state index contributed by atoms with van der Waals surface area (Å²) in [6, 6.07) is 8.24. The first-order chi connectivity index (χ1) is 10.7. The molecular weight excluding hydrogens is 280 g/mol. The molecule has 0 radical (unpaired) electrons. The van der Waals surface area contributed by atoms with Gasteiger partial charge in [-0.1, -0.05) is 6.07 Å². The van der Waals surface area contributed by atoms with E-state index in [4.69, 9.17) is 4.74 Å². The predicted octanol–water partition coefficient (Wildman–Crippen LogP) is 1.75. The fourth-order valence-corrected chi connectivity index (χ4v) is 3.69. The van der Waals surface area contributed by atoms with Crippen molar-refractivity contribution in [1.29, 1.82) is 0 Å². The van der Waals surface area contributed by atoms with Crippen molar-refractivity contribution in [2.24, 2.45) is 0 Å². The van der Waals surface area contributed by atoms with Gasteiger partial charge in [0.1, 0.15) is 5.60 Å². The topological polar surface area (TPSA) is 50.1 Å². The number of fused-ring (bicyclic) bond motifs is 1. The molecular formula is C16H20N4O2. The summed E-state index contributed by atoms with van der Waals surface area (Å²) in [4.78, 5) is 15.8. The molecule has 4 rings (SSSR count). The molecule has 1 atom stereocenters. The number of nitrogens with zero attached hydrogens (tertiary/aromatic N) is 4. The van der Waals surface area contributed by atoms with Crippen LogP contribution in [0.25, 0.3) is 5.52 Å². The summed E-state index contributed by atoms with van der Waals surface area (Å²) in [7, 11) is 1.81. The minimum absolute atomic E-state index is 0.198. The Labute approximate surface area is 129 Å². The largest absolute Gasteiger partial charge is 0.440 e. The highest BCUT2D eigenvalue weighted by Crippen LogP contribution is 2.31. The summed E-state index contributed by atoms with van der Waals surface area (Å²) in [6.45, 7) is 3.33. The third-order valence-corrected chi connectivity index (χ3v) is 4.64. The van der Waals surface area contributed by atoms with Crippen molar-refractivity contribution in [2.75, 3.05) is 26.7 Å². The number of amides is 1. The lowest BCUT2D eigenvalue weighted by Gasteiger charge is -2.38. The molecule has 2 aromatic rings. The number of pyridine rings is 1. The predicted molar refractivity (Wildman–Crippen MR) is 81.5 cm³/mol. The SMILES string of the molecule is CN1CC2(CCCN(Cc3cccc4ccnn34)C2)OC1=O. The molecule has 0 saturated carbocycles. The van der Waals surface area contributed by atoms with Crippen molar-refractivity contribution < 1.29 is 9.53 Å². The maximum absolute atomic E-state index is 11.7. The van der Waals surface area contributed by atoms with E-state index in [2.05, 4.69) is 28.2 Å². The van der Waals surface area contributed by atoms with Crippen LogP contribution < -0.4 is 0 Å². The minimum atomic E-state index is -0.331. The summed E-state index contributed by atoms with van der Waals surface area (Å²) in [5.74, 6) is 0. The quantitative estimate of drug-likeness (QED) is 0.848. The standard InChI is InChI=1S/C16H20N4O2/c1-18-11-16(22-15(18)21)7-3-9-19(12-16)10-14-5-2-4-13-6-8-17-20(13)14/h2,4-6,8H,3,7,9-12H2,1H3. The van der Waals surface area contributed by atoms with Crippen LogP contribution in [0.15, 0.2) is 30.5 Å². The van der Waals surface area contributed by atoms with E-state index in [0.717, 1.165) is 43.7 Å².